The number of aromatic nitrogens is 6. The molecular weight excluding hydrogens is 522 g/mol. The van der Waals surface area contributed by atoms with Crippen LogP contribution < -0.4 is 10.6 Å². The fourth-order valence-corrected chi connectivity index (χ4v) is 5.31. The molecule has 2 N–H and O–H groups in total. The molecule has 6 rings (SSSR count). The maximum absolute atomic E-state index is 13.3. The highest BCUT2D eigenvalue weighted by Crippen LogP contribution is 2.31. The smallest absolute Gasteiger partial charge is 0.309 e. The van der Waals surface area contributed by atoms with Gasteiger partial charge in [-0.2, -0.15) is 5.10 Å². The number of benzene rings is 1. The van der Waals surface area contributed by atoms with E-state index >= 15 is 0 Å². The van der Waals surface area contributed by atoms with Gasteiger partial charge in [0.15, 0.2) is 0 Å². The number of rotatable bonds is 6. The highest BCUT2D eigenvalue weighted by atomic mass is 16.5. The lowest BCUT2D eigenvalue weighted by Crippen LogP contribution is -2.42. The van der Waals surface area contributed by atoms with E-state index < -0.39 is 0 Å². The van der Waals surface area contributed by atoms with Crippen molar-refractivity contribution < 1.29 is 13.9 Å². The van der Waals surface area contributed by atoms with Crippen LogP contribution in [-0.2, 0) is 23.6 Å². The minimum absolute atomic E-state index is 0.0253. The van der Waals surface area contributed by atoms with Crippen LogP contribution in [0.1, 0.15) is 60.9 Å². The molecule has 0 aliphatic carbocycles. The Bertz CT molecular complexity index is 1530. The van der Waals surface area contributed by atoms with Crippen LogP contribution in [0.4, 0.5) is 11.6 Å². The van der Waals surface area contributed by atoms with E-state index in [0.717, 1.165) is 54.1 Å². The Labute approximate surface area is 238 Å². The van der Waals surface area contributed by atoms with Gasteiger partial charge in [0.1, 0.15) is 0 Å². The van der Waals surface area contributed by atoms with E-state index in [-0.39, 0.29) is 23.3 Å². The Balaban J connectivity index is 1.28. The number of amides is 1. The van der Waals surface area contributed by atoms with E-state index in [4.69, 9.17) is 14.1 Å². The van der Waals surface area contributed by atoms with Crippen molar-refractivity contribution in [1.82, 2.24) is 40.2 Å². The van der Waals surface area contributed by atoms with Crippen molar-refractivity contribution >= 4 is 17.5 Å². The lowest BCUT2D eigenvalue weighted by Gasteiger charge is -2.29. The van der Waals surface area contributed by atoms with E-state index in [9.17, 15) is 4.79 Å². The highest BCUT2D eigenvalue weighted by molar-refractivity contribution is 5.89. The van der Waals surface area contributed by atoms with Crippen LogP contribution in [0.5, 0.6) is 0 Å². The number of fused-ring (bicyclic) bond motifs is 1. The zero-order valence-electron chi connectivity index (χ0n) is 23.8. The molecule has 1 amide bonds. The van der Waals surface area contributed by atoms with Crippen LogP contribution in [0, 0.1) is 0 Å². The zero-order chi connectivity index (χ0) is 28.6. The molecule has 5 heterocycles. The molecule has 3 aromatic heterocycles. The molecule has 0 saturated carbocycles. The third-order valence-electron chi connectivity index (χ3n) is 7.50. The number of anilines is 2. The average Bonchev–Trinajstić information content (AvgIpc) is 3.71. The van der Waals surface area contributed by atoms with E-state index in [0.29, 0.717) is 31.0 Å². The molecule has 214 valence electrons. The summed E-state index contributed by atoms with van der Waals surface area (Å²) >= 11 is 0. The van der Waals surface area contributed by atoms with Crippen LogP contribution in [0.2, 0.25) is 0 Å². The van der Waals surface area contributed by atoms with Gasteiger partial charge in [-0.05, 0) is 36.1 Å². The van der Waals surface area contributed by atoms with Gasteiger partial charge >= 0.3 is 11.8 Å². The molecule has 0 radical (unpaired) electrons. The van der Waals surface area contributed by atoms with Crippen LogP contribution in [0.25, 0.3) is 11.3 Å². The largest absolute Gasteiger partial charge is 0.416 e. The zero-order valence-corrected chi connectivity index (χ0v) is 23.8. The van der Waals surface area contributed by atoms with Crippen molar-refractivity contribution in [2.24, 2.45) is 7.05 Å². The van der Waals surface area contributed by atoms with Gasteiger partial charge in [-0.25, -0.2) is 9.97 Å². The van der Waals surface area contributed by atoms with Gasteiger partial charge in [0.2, 0.25) is 11.8 Å². The van der Waals surface area contributed by atoms with E-state index in [1.54, 1.807) is 17.1 Å². The SMILES string of the molecule is Cn1cc(Nc2nccc(-c3ccc4c(c3)CCN(C3CCOC3)C[C@@H]4NC(=O)c3nnc(C(C)(C)C)o3)n2)cn1. The molecule has 0 bridgehead atoms. The van der Waals surface area contributed by atoms with Crippen molar-refractivity contribution in [3.8, 4) is 11.3 Å². The van der Waals surface area contributed by atoms with Crippen LogP contribution >= 0.6 is 0 Å². The fraction of sp³-hybridized carbons (Fsp3) is 0.448. The summed E-state index contributed by atoms with van der Waals surface area (Å²) in [7, 11) is 1.86. The van der Waals surface area contributed by atoms with Gasteiger partial charge in [0, 0.05) is 56.2 Å². The molecule has 1 fully saturated rings. The standard InChI is InChI=1S/C29H35N9O3/c1-29(2,3)27-36-35-26(41-27)25(39)33-24-16-38(21-9-12-40-17-21)11-8-18-13-19(5-6-22(18)24)23-7-10-30-28(34-23)32-20-14-31-37(4)15-20/h5-7,10,13-15,21,24H,8-9,11-12,16-17H2,1-4H3,(H,33,39)(H,30,32,34)/t21?,24-/m0/s1. The van der Waals surface area contributed by atoms with E-state index in [1.165, 1.54) is 0 Å². The van der Waals surface area contributed by atoms with Crippen LogP contribution in [0.3, 0.4) is 0 Å². The molecule has 2 aliphatic rings. The first-order chi connectivity index (χ1) is 19.7. The first kappa shape index (κ1) is 27.0. The molecule has 2 aliphatic heterocycles. The molecule has 12 heteroatoms. The maximum atomic E-state index is 13.3. The quantitative estimate of drug-likeness (QED) is 0.363. The average molecular weight is 558 g/mol. The Hall–Kier alpha value is -4.16. The summed E-state index contributed by atoms with van der Waals surface area (Å²) in [5, 5.41) is 18.7. The number of aryl methyl sites for hydroxylation is 1. The molecule has 1 unspecified atom stereocenters. The van der Waals surface area contributed by atoms with Crippen molar-refractivity contribution in [2.75, 3.05) is 31.6 Å². The van der Waals surface area contributed by atoms with Gasteiger partial charge < -0.3 is 19.8 Å². The third-order valence-corrected chi connectivity index (χ3v) is 7.50. The molecule has 1 saturated heterocycles. The van der Waals surface area contributed by atoms with Gasteiger partial charge in [-0.15, -0.1) is 10.2 Å². The van der Waals surface area contributed by atoms with Gasteiger partial charge in [-0.1, -0.05) is 32.9 Å². The summed E-state index contributed by atoms with van der Waals surface area (Å²) in [6.07, 6.45) is 7.16. The van der Waals surface area contributed by atoms with Gasteiger partial charge in [0.05, 0.1) is 30.2 Å². The number of nitrogens with one attached hydrogen (secondary N) is 2. The number of carbonyl (C=O) groups excluding carboxylic acids is 1. The first-order valence-corrected chi connectivity index (χ1v) is 13.9. The van der Waals surface area contributed by atoms with Crippen LogP contribution in [-0.4, -0.2) is 73.1 Å². The predicted molar refractivity (Wildman–Crippen MR) is 152 cm³/mol. The molecule has 2 atom stereocenters. The molecule has 41 heavy (non-hydrogen) atoms. The summed E-state index contributed by atoms with van der Waals surface area (Å²) in [5.74, 6) is 0.528. The normalized spacial score (nSPS) is 19.5. The van der Waals surface area contributed by atoms with Gasteiger partial charge in [-0.3, -0.25) is 14.4 Å². The molecule has 12 nitrogen and oxygen atoms in total. The lowest BCUT2D eigenvalue weighted by molar-refractivity contribution is 0.0873. The first-order valence-electron chi connectivity index (χ1n) is 13.9. The van der Waals surface area contributed by atoms with Gasteiger partial charge in [0.25, 0.3) is 0 Å². The Morgan fingerprint density at radius 1 is 1.17 bits per heavy atom. The minimum atomic E-state index is -0.375. The van der Waals surface area contributed by atoms with E-state index in [2.05, 4.69) is 47.9 Å². The molecule has 1 aromatic carbocycles. The number of carbonyl (C=O) groups is 1. The summed E-state index contributed by atoms with van der Waals surface area (Å²) in [6, 6.07) is 8.28. The Kier molecular flexibility index (Phi) is 7.26. The van der Waals surface area contributed by atoms with Crippen LogP contribution in [0.15, 0.2) is 47.3 Å². The maximum Gasteiger partial charge on any atom is 0.309 e. The Morgan fingerprint density at radius 2 is 2.05 bits per heavy atom. The number of ether oxygens (including phenoxy) is 1. The summed E-state index contributed by atoms with van der Waals surface area (Å²) in [4.78, 5) is 24.8. The van der Waals surface area contributed by atoms with E-state index in [1.807, 2.05) is 46.1 Å². The second-order valence-electron chi connectivity index (χ2n) is 11.7. The van der Waals surface area contributed by atoms with Crippen molar-refractivity contribution in [3.63, 3.8) is 0 Å². The summed E-state index contributed by atoms with van der Waals surface area (Å²) in [6.45, 7) is 8.90. The summed E-state index contributed by atoms with van der Waals surface area (Å²) in [5.41, 5.74) is 4.50. The van der Waals surface area contributed by atoms with Crippen molar-refractivity contribution in [1.29, 1.82) is 0 Å². The van der Waals surface area contributed by atoms with Crippen molar-refractivity contribution in [2.45, 2.75) is 51.1 Å². The molecule has 0 spiro atoms. The molecular formula is C29H35N9O3. The highest BCUT2D eigenvalue weighted by Gasteiger charge is 2.32. The number of nitrogens with zero attached hydrogens (tertiary/aromatic N) is 7. The minimum Gasteiger partial charge on any atom is -0.416 e. The van der Waals surface area contributed by atoms with Crippen molar-refractivity contribution in [3.05, 3.63) is 65.8 Å². The Morgan fingerprint density at radius 3 is 2.78 bits per heavy atom. The molecule has 4 aromatic rings. The second-order valence-corrected chi connectivity index (χ2v) is 11.7. The topological polar surface area (TPSA) is 136 Å². The fourth-order valence-electron chi connectivity index (χ4n) is 5.31. The number of hydrogen-bond donors (Lipinski definition) is 2. The monoisotopic (exact) mass is 557 g/mol. The second kappa shape index (κ2) is 11.0. The lowest BCUT2D eigenvalue weighted by atomic mass is 9.96. The predicted octanol–water partition coefficient (Wildman–Crippen LogP) is 3.42. The third kappa shape index (κ3) is 5.98. The number of hydrogen-bond acceptors (Lipinski definition) is 10. The summed E-state index contributed by atoms with van der Waals surface area (Å²) < 4.78 is 13.1.